The highest BCUT2D eigenvalue weighted by Crippen LogP contribution is 2.34. The highest BCUT2D eigenvalue weighted by molar-refractivity contribution is 9.10. The van der Waals surface area contributed by atoms with Gasteiger partial charge in [0.15, 0.2) is 0 Å². The Labute approximate surface area is 117 Å². The maximum absolute atomic E-state index is 9.44. The Bertz CT molecular complexity index is 736. The molecule has 0 unspecified atom stereocenters. The number of aromatic nitrogens is 1. The Morgan fingerprint density at radius 3 is 2.78 bits per heavy atom. The normalized spacial score (nSPS) is 11.0. The maximum Gasteiger partial charge on any atom is 0.124 e. The molecule has 2 aromatic carbocycles. The highest BCUT2D eigenvalue weighted by atomic mass is 79.9. The number of fused-ring (bicyclic) bond motifs is 1. The lowest BCUT2D eigenvalue weighted by molar-refractivity contribution is 0.475. The molecular weight excluding hydrogens is 310 g/mol. The number of rotatable bonds is 1. The third-order valence-electron chi connectivity index (χ3n) is 2.79. The molecule has 0 fully saturated rings. The van der Waals surface area contributed by atoms with E-state index in [2.05, 4.69) is 27.0 Å². The molecular formula is C14H10BrNOS. The summed E-state index contributed by atoms with van der Waals surface area (Å²) in [6.45, 7) is 1.98. The molecule has 0 atom stereocenters. The van der Waals surface area contributed by atoms with Gasteiger partial charge in [-0.2, -0.15) is 0 Å². The number of phenolic OH excluding ortho intramolecular Hbond substituents is 1. The van der Waals surface area contributed by atoms with Crippen molar-refractivity contribution in [3.63, 3.8) is 0 Å². The van der Waals surface area contributed by atoms with Crippen LogP contribution < -0.4 is 0 Å². The first-order valence-corrected chi connectivity index (χ1v) is 7.10. The van der Waals surface area contributed by atoms with Gasteiger partial charge in [-0.15, -0.1) is 11.3 Å². The van der Waals surface area contributed by atoms with Gasteiger partial charge in [0.2, 0.25) is 0 Å². The number of benzene rings is 2. The van der Waals surface area contributed by atoms with Gasteiger partial charge in [0, 0.05) is 10.0 Å². The fourth-order valence-electron chi connectivity index (χ4n) is 1.90. The van der Waals surface area contributed by atoms with Crippen LogP contribution in [0.25, 0.3) is 20.8 Å². The average molecular weight is 320 g/mol. The van der Waals surface area contributed by atoms with Crippen molar-refractivity contribution in [3.05, 3.63) is 46.4 Å². The zero-order chi connectivity index (χ0) is 12.7. The molecule has 0 aliphatic rings. The first-order chi connectivity index (χ1) is 8.63. The molecule has 4 heteroatoms. The monoisotopic (exact) mass is 319 g/mol. The maximum atomic E-state index is 9.44. The van der Waals surface area contributed by atoms with Crippen molar-refractivity contribution in [1.82, 2.24) is 4.98 Å². The van der Waals surface area contributed by atoms with Crippen LogP contribution in [-0.4, -0.2) is 10.1 Å². The van der Waals surface area contributed by atoms with Crippen molar-refractivity contribution in [2.75, 3.05) is 0 Å². The fraction of sp³-hybridized carbons (Fsp3) is 0.0714. The summed E-state index contributed by atoms with van der Waals surface area (Å²) >= 11 is 5.12. The summed E-state index contributed by atoms with van der Waals surface area (Å²) < 4.78 is 2.20. The van der Waals surface area contributed by atoms with Gasteiger partial charge in [-0.05, 0) is 48.9 Å². The summed E-state index contributed by atoms with van der Waals surface area (Å²) in [6, 6.07) is 11.5. The number of nitrogens with zero attached hydrogens (tertiary/aromatic N) is 1. The topological polar surface area (TPSA) is 33.1 Å². The number of hydrogen-bond acceptors (Lipinski definition) is 3. The van der Waals surface area contributed by atoms with Gasteiger partial charge < -0.3 is 5.11 Å². The second-order valence-corrected chi connectivity index (χ2v) is 6.08. The average Bonchev–Trinajstić information content (AvgIpc) is 2.71. The third-order valence-corrected chi connectivity index (χ3v) is 4.35. The molecule has 2 nitrogen and oxygen atoms in total. The van der Waals surface area contributed by atoms with E-state index in [0.29, 0.717) is 5.75 Å². The number of aryl methyl sites for hydroxylation is 1. The Morgan fingerprint density at radius 1 is 1.17 bits per heavy atom. The van der Waals surface area contributed by atoms with Crippen molar-refractivity contribution < 1.29 is 5.11 Å². The van der Waals surface area contributed by atoms with E-state index in [4.69, 9.17) is 0 Å². The van der Waals surface area contributed by atoms with E-state index >= 15 is 0 Å². The largest absolute Gasteiger partial charge is 0.508 e. The first kappa shape index (κ1) is 11.7. The van der Waals surface area contributed by atoms with Gasteiger partial charge in [-0.25, -0.2) is 4.98 Å². The van der Waals surface area contributed by atoms with Crippen LogP contribution in [-0.2, 0) is 0 Å². The quantitative estimate of drug-likeness (QED) is 0.702. The number of hydrogen-bond donors (Lipinski definition) is 1. The van der Waals surface area contributed by atoms with Crippen LogP contribution in [0.15, 0.2) is 40.9 Å². The SMILES string of the molecule is Cc1cc(O)ccc1-c1nc2cc(Br)ccc2s1. The number of thiazole rings is 1. The van der Waals surface area contributed by atoms with Crippen LogP contribution in [0.2, 0.25) is 0 Å². The molecule has 3 rings (SSSR count). The Hall–Kier alpha value is -1.39. The van der Waals surface area contributed by atoms with Crippen molar-refractivity contribution in [2.45, 2.75) is 6.92 Å². The van der Waals surface area contributed by atoms with E-state index in [1.807, 2.05) is 25.1 Å². The lowest BCUT2D eigenvalue weighted by Gasteiger charge is -2.01. The minimum Gasteiger partial charge on any atom is -0.508 e. The number of phenols is 1. The van der Waals surface area contributed by atoms with E-state index < -0.39 is 0 Å². The Kier molecular flexibility index (Phi) is 2.84. The lowest BCUT2D eigenvalue weighted by Crippen LogP contribution is -1.81. The van der Waals surface area contributed by atoms with Crippen molar-refractivity contribution >= 4 is 37.5 Å². The Balaban J connectivity index is 2.19. The molecule has 0 aliphatic heterocycles. The summed E-state index contributed by atoms with van der Waals surface area (Å²) in [6.07, 6.45) is 0. The lowest BCUT2D eigenvalue weighted by atomic mass is 10.1. The fourth-order valence-corrected chi connectivity index (χ4v) is 3.29. The molecule has 0 bridgehead atoms. The molecule has 0 aliphatic carbocycles. The molecule has 0 amide bonds. The molecule has 90 valence electrons. The minimum atomic E-state index is 0.292. The van der Waals surface area contributed by atoms with E-state index in [9.17, 15) is 5.11 Å². The molecule has 1 aromatic heterocycles. The van der Waals surface area contributed by atoms with Crippen LogP contribution in [0.5, 0.6) is 5.75 Å². The second-order valence-electron chi connectivity index (χ2n) is 4.13. The van der Waals surface area contributed by atoms with Gasteiger partial charge >= 0.3 is 0 Å². The summed E-state index contributed by atoms with van der Waals surface area (Å²) in [7, 11) is 0. The van der Waals surface area contributed by atoms with Crippen molar-refractivity contribution in [3.8, 4) is 16.3 Å². The smallest absolute Gasteiger partial charge is 0.124 e. The number of aromatic hydroxyl groups is 1. The van der Waals surface area contributed by atoms with E-state index in [1.165, 1.54) is 4.70 Å². The standard InChI is InChI=1S/C14H10BrNOS/c1-8-6-10(17)3-4-11(8)14-16-12-7-9(15)2-5-13(12)18-14/h2-7,17H,1H3. The summed E-state index contributed by atoms with van der Waals surface area (Å²) in [5.41, 5.74) is 3.11. The van der Waals surface area contributed by atoms with Crippen LogP contribution >= 0.6 is 27.3 Å². The molecule has 0 spiro atoms. The highest BCUT2D eigenvalue weighted by Gasteiger charge is 2.09. The molecule has 0 radical (unpaired) electrons. The zero-order valence-corrected chi connectivity index (χ0v) is 12.0. The summed E-state index contributed by atoms with van der Waals surface area (Å²) in [5.74, 6) is 0.292. The van der Waals surface area contributed by atoms with Gasteiger partial charge in [-0.1, -0.05) is 15.9 Å². The summed E-state index contributed by atoms with van der Waals surface area (Å²) in [4.78, 5) is 4.64. The predicted octanol–water partition coefficient (Wildman–Crippen LogP) is 4.74. The van der Waals surface area contributed by atoms with Crippen molar-refractivity contribution in [1.29, 1.82) is 0 Å². The van der Waals surface area contributed by atoms with E-state index in [1.54, 1.807) is 23.5 Å². The zero-order valence-electron chi connectivity index (χ0n) is 9.64. The van der Waals surface area contributed by atoms with Gasteiger partial charge in [-0.3, -0.25) is 0 Å². The van der Waals surface area contributed by atoms with Gasteiger partial charge in [0.1, 0.15) is 10.8 Å². The molecule has 1 N–H and O–H groups in total. The van der Waals surface area contributed by atoms with E-state index in [0.717, 1.165) is 26.1 Å². The van der Waals surface area contributed by atoms with Crippen LogP contribution in [0.3, 0.4) is 0 Å². The summed E-state index contributed by atoms with van der Waals surface area (Å²) in [5, 5.41) is 10.4. The predicted molar refractivity (Wildman–Crippen MR) is 79.2 cm³/mol. The molecule has 0 saturated carbocycles. The van der Waals surface area contributed by atoms with Crippen LogP contribution in [0, 0.1) is 6.92 Å². The molecule has 0 saturated heterocycles. The van der Waals surface area contributed by atoms with Gasteiger partial charge in [0.25, 0.3) is 0 Å². The molecule has 18 heavy (non-hydrogen) atoms. The first-order valence-electron chi connectivity index (χ1n) is 5.49. The van der Waals surface area contributed by atoms with Gasteiger partial charge in [0.05, 0.1) is 10.2 Å². The van der Waals surface area contributed by atoms with Crippen molar-refractivity contribution in [2.24, 2.45) is 0 Å². The minimum absolute atomic E-state index is 0.292. The van der Waals surface area contributed by atoms with Crippen LogP contribution in [0.4, 0.5) is 0 Å². The molecule has 3 aromatic rings. The van der Waals surface area contributed by atoms with Crippen LogP contribution in [0.1, 0.15) is 5.56 Å². The third kappa shape index (κ3) is 2.02. The molecule has 1 heterocycles. The number of halogens is 1. The second kappa shape index (κ2) is 4.37. The van der Waals surface area contributed by atoms with E-state index in [-0.39, 0.29) is 0 Å². The Morgan fingerprint density at radius 2 is 2.00 bits per heavy atom.